The number of hydrogen-bond donors (Lipinski definition) is 4. The summed E-state index contributed by atoms with van der Waals surface area (Å²) in [6.07, 6.45) is 2.56. The van der Waals surface area contributed by atoms with Crippen LogP contribution in [0.15, 0.2) is 23.0 Å². The van der Waals surface area contributed by atoms with Crippen LogP contribution in [0.1, 0.15) is 31.4 Å². The smallest absolute Gasteiger partial charge is 0.323 e. The third kappa shape index (κ3) is 3.52. The van der Waals surface area contributed by atoms with Crippen molar-refractivity contribution in [1.29, 1.82) is 0 Å². The molecule has 1 aliphatic rings. The van der Waals surface area contributed by atoms with Crippen molar-refractivity contribution in [3.63, 3.8) is 0 Å². The Labute approximate surface area is 122 Å². The second kappa shape index (κ2) is 5.73. The van der Waals surface area contributed by atoms with Gasteiger partial charge in [-0.1, -0.05) is 6.07 Å². The lowest BCUT2D eigenvalue weighted by Gasteiger charge is -2.14. The van der Waals surface area contributed by atoms with Crippen LogP contribution >= 0.6 is 0 Å². The van der Waals surface area contributed by atoms with Crippen molar-refractivity contribution >= 4 is 16.9 Å². The van der Waals surface area contributed by atoms with Gasteiger partial charge >= 0.3 is 5.69 Å². The van der Waals surface area contributed by atoms with Crippen molar-refractivity contribution in [2.45, 2.75) is 25.8 Å². The Bertz CT molecular complexity index is 699. The average Bonchev–Trinajstić information content (AvgIpc) is 3.17. The monoisotopic (exact) mass is 288 g/mol. The number of aromatic amines is 2. The molecular weight excluding hydrogens is 268 g/mol. The molecular formula is C15H20N4O2. The van der Waals surface area contributed by atoms with Crippen molar-refractivity contribution < 1.29 is 4.79 Å². The van der Waals surface area contributed by atoms with Gasteiger partial charge < -0.3 is 20.6 Å². The number of rotatable bonds is 6. The van der Waals surface area contributed by atoms with Gasteiger partial charge in [0.2, 0.25) is 5.91 Å². The summed E-state index contributed by atoms with van der Waals surface area (Å²) in [6, 6.07) is 5.55. The molecule has 0 aliphatic heterocycles. The molecule has 1 unspecified atom stereocenters. The molecule has 0 radical (unpaired) electrons. The first kappa shape index (κ1) is 13.9. The summed E-state index contributed by atoms with van der Waals surface area (Å²) >= 11 is 0. The number of H-pyrrole nitrogens is 2. The van der Waals surface area contributed by atoms with Gasteiger partial charge in [0.15, 0.2) is 0 Å². The van der Waals surface area contributed by atoms with Crippen molar-refractivity contribution in [2.75, 3.05) is 13.1 Å². The normalized spacial score (nSPS) is 16.0. The molecule has 1 aliphatic carbocycles. The Kier molecular flexibility index (Phi) is 3.79. The van der Waals surface area contributed by atoms with Crippen LogP contribution in [0.3, 0.4) is 0 Å². The van der Waals surface area contributed by atoms with Crippen LogP contribution < -0.4 is 16.3 Å². The van der Waals surface area contributed by atoms with E-state index in [4.69, 9.17) is 0 Å². The van der Waals surface area contributed by atoms with Crippen molar-refractivity contribution in [1.82, 2.24) is 20.6 Å². The molecule has 21 heavy (non-hydrogen) atoms. The van der Waals surface area contributed by atoms with Crippen LogP contribution in [0.25, 0.3) is 11.0 Å². The molecule has 1 aromatic heterocycles. The topological polar surface area (TPSA) is 89.8 Å². The quantitative estimate of drug-likeness (QED) is 0.640. The van der Waals surface area contributed by atoms with Crippen molar-refractivity contribution in [3.05, 3.63) is 34.2 Å². The molecule has 6 nitrogen and oxygen atoms in total. The van der Waals surface area contributed by atoms with Crippen molar-refractivity contribution in [3.8, 4) is 0 Å². The fourth-order valence-electron chi connectivity index (χ4n) is 2.41. The number of benzene rings is 1. The molecule has 2 aromatic rings. The summed E-state index contributed by atoms with van der Waals surface area (Å²) in [5.41, 5.74) is 2.27. The van der Waals surface area contributed by atoms with Crippen LogP contribution in [0.5, 0.6) is 0 Å². The zero-order chi connectivity index (χ0) is 14.8. The zero-order valence-corrected chi connectivity index (χ0v) is 12.0. The Hall–Kier alpha value is -2.08. The number of carbonyl (C=O) groups is 1. The zero-order valence-electron chi connectivity index (χ0n) is 12.0. The first-order valence-corrected chi connectivity index (χ1v) is 7.34. The first-order valence-electron chi connectivity index (χ1n) is 7.34. The number of hydrogen-bond acceptors (Lipinski definition) is 3. The Morgan fingerprint density at radius 2 is 2.10 bits per heavy atom. The summed E-state index contributed by atoms with van der Waals surface area (Å²) < 4.78 is 0. The van der Waals surface area contributed by atoms with E-state index in [0.29, 0.717) is 6.54 Å². The lowest BCUT2D eigenvalue weighted by Crippen LogP contribution is -2.36. The molecule has 1 atom stereocenters. The molecule has 1 amide bonds. The van der Waals surface area contributed by atoms with Gasteiger partial charge in [-0.05, 0) is 49.9 Å². The summed E-state index contributed by atoms with van der Waals surface area (Å²) in [4.78, 5) is 28.5. The molecule has 112 valence electrons. The second-order valence-corrected chi connectivity index (χ2v) is 5.75. The summed E-state index contributed by atoms with van der Waals surface area (Å²) in [6.45, 7) is 3.22. The first-order chi connectivity index (χ1) is 10.1. The Balaban J connectivity index is 1.58. The molecule has 0 bridgehead atoms. The molecule has 1 aromatic carbocycles. The Morgan fingerprint density at radius 3 is 2.86 bits per heavy atom. The highest BCUT2D eigenvalue weighted by atomic mass is 16.2. The maximum Gasteiger partial charge on any atom is 0.323 e. The third-order valence-electron chi connectivity index (χ3n) is 3.83. The lowest BCUT2D eigenvalue weighted by atomic mass is 10.1. The Morgan fingerprint density at radius 1 is 1.33 bits per heavy atom. The van der Waals surface area contributed by atoms with Gasteiger partial charge in [-0.3, -0.25) is 4.79 Å². The minimum Gasteiger partial charge on any atom is -0.348 e. The fourth-order valence-corrected chi connectivity index (χ4v) is 2.41. The van der Waals surface area contributed by atoms with Gasteiger partial charge in [0.05, 0.1) is 23.6 Å². The molecule has 0 saturated heterocycles. The van der Waals surface area contributed by atoms with E-state index in [-0.39, 0.29) is 17.6 Å². The highest BCUT2D eigenvalue weighted by molar-refractivity contribution is 5.79. The number of fused-ring (bicyclic) bond motifs is 1. The second-order valence-electron chi connectivity index (χ2n) is 5.75. The molecule has 1 heterocycles. The maximum absolute atomic E-state index is 11.9. The predicted octanol–water partition coefficient (Wildman–Crippen LogP) is 1.03. The van der Waals surface area contributed by atoms with Crippen LogP contribution in [0.4, 0.5) is 0 Å². The van der Waals surface area contributed by atoms with Gasteiger partial charge in [0, 0.05) is 0 Å². The van der Waals surface area contributed by atoms with E-state index < -0.39 is 0 Å². The predicted molar refractivity (Wildman–Crippen MR) is 81.1 cm³/mol. The summed E-state index contributed by atoms with van der Waals surface area (Å²) in [5, 5.41) is 6.13. The molecule has 0 spiro atoms. The van der Waals surface area contributed by atoms with E-state index in [9.17, 15) is 9.59 Å². The number of aromatic nitrogens is 2. The van der Waals surface area contributed by atoms with Crippen LogP contribution in [0.2, 0.25) is 0 Å². The highest BCUT2D eigenvalue weighted by Gasteiger charge is 2.20. The van der Waals surface area contributed by atoms with Crippen LogP contribution in [0, 0.1) is 5.92 Å². The number of amides is 1. The molecule has 1 saturated carbocycles. The highest BCUT2D eigenvalue weighted by Crippen LogP contribution is 2.27. The molecule has 6 heteroatoms. The third-order valence-corrected chi connectivity index (χ3v) is 3.83. The molecule has 4 N–H and O–H groups in total. The van der Waals surface area contributed by atoms with E-state index in [1.54, 1.807) is 0 Å². The van der Waals surface area contributed by atoms with Gasteiger partial charge in [0.25, 0.3) is 0 Å². The van der Waals surface area contributed by atoms with Gasteiger partial charge in [-0.2, -0.15) is 0 Å². The molecule has 3 rings (SSSR count). The maximum atomic E-state index is 11.9. The summed E-state index contributed by atoms with van der Waals surface area (Å²) in [5.74, 6) is 0.758. The lowest BCUT2D eigenvalue weighted by molar-refractivity contribution is -0.120. The fraction of sp³-hybridized carbons (Fsp3) is 0.467. The minimum atomic E-state index is -0.219. The average molecular weight is 288 g/mol. The van der Waals surface area contributed by atoms with Crippen molar-refractivity contribution in [2.24, 2.45) is 5.92 Å². The van der Waals surface area contributed by atoms with E-state index in [1.165, 1.54) is 12.8 Å². The van der Waals surface area contributed by atoms with E-state index in [1.807, 2.05) is 25.1 Å². The van der Waals surface area contributed by atoms with Crippen LogP contribution in [-0.2, 0) is 4.79 Å². The SMILES string of the molecule is CC(NC(=O)CNCC1CC1)c1ccc2[nH]c(=O)[nH]c2c1. The van der Waals surface area contributed by atoms with Crippen LogP contribution in [-0.4, -0.2) is 29.0 Å². The van der Waals surface area contributed by atoms with E-state index >= 15 is 0 Å². The molecule has 1 fully saturated rings. The standard InChI is InChI=1S/C15H20N4O2/c1-9(17-14(20)8-16-7-10-2-3-10)11-4-5-12-13(6-11)19-15(21)18-12/h4-6,9-10,16H,2-3,7-8H2,1H3,(H,17,20)(H2,18,19,21). The van der Waals surface area contributed by atoms with E-state index in [2.05, 4.69) is 20.6 Å². The number of nitrogens with one attached hydrogen (secondary N) is 4. The summed E-state index contributed by atoms with van der Waals surface area (Å²) in [7, 11) is 0. The van der Waals surface area contributed by atoms with Gasteiger partial charge in [-0.25, -0.2) is 4.79 Å². The van der Waals surface area contributed by atoms with Gasteiger partial charge in [-0.15, -0.1) is 0 Å². The van der Waals surface area contributed by atoms with Gasteiger partial charge in [0.1, 0.15) is 0 Å². The largest absolute Gasteiger partial charge is 0.348 e. The minimum absolute atomic E-state index is 0.00851. The number of imidazole rings is 1. The van der Waals surface area contributed by atoms with E-state index in [0.717, 1.165) is 29.1 Å². The number of carbonyl (C=O) groups excluding carboxylic acids is 1.